The topological polar surface area (TPSA) is 77.0 Å². The number of benzene rings is 2. The van der Waals surface area contributed by atoms with Gasteiger partial charge in [-0.1, -0.05) is 30.3 Å². The molecule has 0 bridgehead atoms. The quantitative estimate of drug-likeness (QED) is 0.640. The third kappa shape index (κ3) is 4.07. The van der Waals surface area contributed by atoms with E-state index in [0.29, 0.717) is 18.5 Å². The average molecular weight is 410 g/mol. The van der Waals surface area contributed by atoms with Crippen molar-refractivity contribution >= 4 is 5.91 Å². The summed E-state index contributed by atoms with van der Waals surface area (Å²) in [6.07, 6.45) is 0.197. The van der Waals surface area contributed by atoms with Crippen LogP contribution < -0.4 is 16.0 Å². The maximum atomic E-state index is 13.9. The SMILES string of the molecule is CN[C@H](Cc1ccc(-c2ccc(C#N)c(F)c2)cc1)NC(=O)[C@H]1NCC[C@H]2[C@H](F)[C@H]21. The number of carbonyl (C=O) groups excluding carboxylic acids is 1. The fourth-order valence-electron chi connectivity index (χ4n) is 4.29. The molecule has 0 radical (unpaired) electrons. The summed E-state index contributed by atoms with van der Waals surface area (Å²) < 4.78 is 27.7. The van der Waals surface area contributed by atoms with Crippen molar-refractivity contribution in [2.24, 2.45) is 11.8 Å². The summed E-state index contributed by atoms with van der Waals surface area (Å²) in [7, 11) is 1.77. The van der Waals surface area contributed by atoms with Gasteiger partial charge >= 0.3 is 0 Å². The van der Waals surface area contributed by atoms with Crippen LogP contribution in [-0.2, 0) is 11.2 Å². The van der Waals surface area contributed by atoms with Crippen molar-refractivity contribution in [3.8, 4) is 17.2 Å². The number of nitrogens with zero attached hydrogens (tertiary/aromatic N) is 1. The summed E-state index contributed by atoms with van der Waals surface area (Å²) in [6.45, 7) is 0.668. The van der Waals surface area contributed by atoms with Crippen molar-refractivity contribution in [2.75, 3.05) is 13.6 Å². The van der Waals surface area contributed by atoms with Crippen molar-refractivity contribution in [1.82, 2.24) is 16.0 Å². The van der Waals surface area contributed by atoms with Crippen LogP contribution in [0.25, 0.3) is 11.1 Å². The molecule has 2 aromatic carbocycles. The molecule has 1 saturated carbocycles. The van der Waals surface area contributed by atoms with Crippen molar-refractivity contribution in [2.45, 2.75) is 31.2 Å². The number of fused-ring (bicyclic) bond motifs is 1. The molecule has 0 spiro atoms. The van der Waals surface area contributed by atoms with E-state index in [-0.39, 0.29) is 29.5 Å². The first-order chi connectivity index (χ1) is 14.5. The van der Waals surface area contributed by atoms with E-state index in [9.17, 15) is 13.6 Å². The zero-order valence-corrected chi connectivity index (χ0v) is 16.7. The van der Waals surface area contributed by atoms with E-state index < -0.39 is 18.0 Å². The smallest absolute Gasteiger partial charge is 0.238 e. The standard InChI is InChI=1S/C23H24F2N4O/c1-27-19(29-23(30)22-20-17(21(20)25)8-9-28-22)10-13-2-4-14(5-3-13)15-6-7-16(12-26)18(24)11-15/h2-7,11,17,19-22,27-28H,8-10H2,1H3,(H,29,30)/t17-,19+,20+,21+,22+/m1/s1. The first kappa shape index (κ1) is 20.5. The minimum atomic E-state index is -0.872. The van der Waals surface area contributed by atoms with Crippen LogP contribution in [0.4, 0.5) is 8.78 Å². The number of carbonyl (C=O) groups is 1. The minimum Gasteiger partial charge on any atom is -0.339 e. The Morgan fingerprint density at radius 2 is 2.00 bits per heavy atom. The number of hydrogen-bond donors (Lipinski definition) is 3. The van der Waals surface area contributed by atoms with Crippen LogP contribution in [0, 0.1) is 29.0 Å². The molecule has 1 aliphatic heterocycles. The van der Waals surface area contributed by atoms with Crippen molar-refractivity contribution in [3.63, 3.8) is 0 Å². The van der Waals surface area contributed by atoms with Crippen LogP contribution in [0.15, 0.2) is 42.5 Å². The average Bonchev–Trinajstić information content (AvgIpc) is 3.43. The Balaban J connectivity index is 1.38. The van der Waals surface area contributed by atoms with Gasteiger partial charge in [0.25, 0.3) is 0 Å². The maximum absolute atomic E-state index is 13.9. The van der Waals surface area contributed by atoms with Crippen LogP contribution in [0.2, 0.25) is 0 Å². The molecule has 2 aromatic rings. The Morgan fingerprint density at radius 1 is 1.27 bits per heavy atom. The van der Waals surface area contributed by atoms with Gasteiger partial charge in [0, 0.05) is 12.3 Å². The predicted octanol–water partition coefficient (Wildman–Crippen LogP) is 2.51. The van der Waals surface area contributed by atoms with E-state index in [4.69, 9.17) is 5.26 Å². The molecular formula is C23H24F2N4O. The normalized spacial score (nSPS) is 25.7. The van der Waals surface area contributed by atoms with E-state index in [1.54, 1.807) is 13.1 Å². The Bertz CT molecular complexity index is 972. The minimum absolute atomic E-state index is 0.0204. The molecule has 1 amide bonds. The second-order valence-electron chi connectivity index (χ2n) is 7.96. The fourth-order valence-corrected chi connectivity index (χ4v) is 4.29. The summed E-state index contributed by atoms with van der Waals surface area (Å²) in [5.41, 5.74) is 2.55. The Morgan fingerprint density at radius 3 is 2.67 bits per heavy atom. The van der Waals surface area contributed by atoms with Crippen LogP contribution in [0.5, 0.6) is 0 Å². The highest BCUT2D eigenvalue weighted by molar-refractivity contribution is 5.83. The summed E-state index contributed by atoms with van der Waals surface area (Å²) in [5.74, 6) is -0.895. The second kappa shape index (κ2) is 8.50. The van der Waals surface area contributed by atoms with Gasteiger partial charge in [0.05, 0.1) is 17.8 Å². The van der Waals surface area contributed by atoms with Gasteiger partial charge in [0.1, 0.15) is 18.1 Å². The lowest BCUT2D eigenvalue weighted by Gasteiger charge is -2.25. The van der Waals surface area contributed by atoms with Gasteiger partial charge in [-0.05, 0) is 54.8 Å². The largest absolute Gasteiger partial charge is 0.339 e. The number of rotatable bonds is 6. The second-order valence-corrected chi connectivity index (χ2v) is 7.96. The van der Waals surface area contributed by atoms with Gasteiger partial charge in [-0.15, -0.1) is 0 Å². The highest BCUT2D eigenvalue weighted by atomic mass is 19.1. The highest BCUT2D eigenvalue weighted by Gasteiger charge is 2.58. The molecule has 2 aliphatic rings. The summed E-state index contributed by atoms with van der Waals surface area (Å²) >= 11 is 0. The molecule has 0 aromatic heterocycles. The maximum Gasteiger partial charge on any atom is 0.238 e. The molecule has 156 valence electrons. The summed E-state index contributed by atoms with van der Waals surface area (Å²) in [5, 5.41) is 18.1. The molecular weight excluding hydrogens is 386 g/mol. The Labute approximate surface area is 174 Å². The number of alkyl halides is 1. The fraction of sp³-hybridized carbons (Fsp3) is 0.391. The van der Waals surface area contributed by atoms with Gasteiger partial charge in [-0.25, -0.2) is 8.78 Å². The van der Waals surface area contributed by atoms with Crippen LogP contribution in [0.1, 0.15) is 17.5 Å². The number of hydrogen-bond acceptors (Lipinski definition) is 4. The number of likely N-dealkylation sites (N-methyl/N-ethyl adjacent to an activating group) is 1. The number of halogens is 2. The number of piperidine rings is 1. The van der Waals surface area contributed by atoms with Gasteiger partial charge < -0.3 is 16.0 Å². The molecule has 1 aliphatic carbocycles. The molecule has 1 heterocycles. The Hall–Kier alpha value is -2.82. The van der Waals surface area contributed by atoms with Gasteiger partial charge in [0.2, 0.25) is 5.91 Å². The molecule has 30 heavy (non-hydrogen) atoms. The van der Waals surface area contributed by atoms with Crippen LogP contribution >= 0.6 is 0 Å². The van der Waals surface area contributed by atoms with Gasteiger partial charge in [-0.2, -0.15) is 5.26 Å². The van der Waals surface area contributed by atoms with Gasteiger partial charge in [0.15, 0.2) is 0 Å². The van der Waals surface area contributed by atoms with Gasteiger partial charge in [-0.3, -0.25) is 4.79 Å². The summed E-state index contributed by atoms with van der Waals surface area (Å²) in [6, 6.07) is 13.5. The lowest BCUT2D eigenvalue weighted by Crippen LogP contribution is -2.54. The molecule has 1 saturated heterocycles. The first-order valence-corrected chi connectivity index (χ1v) is 10.2. The number of nitriles is 1. The van der Waals surface area contributed by atoms with Crippen molar-refractivity contribution in [1.29, 1.82) is 5.26 Å². The lowest BCUT2D eigenvalue weighted by molar-refractivity contribution is -0.125. The van der Waals surface area contributed by atoms with E-state index >= 15 is 0 Å². The molecule has 2 fully saturated rings. The van der Waals surface area contributed by atoms with Crippen LogP contribution in [0.3, 0.4) is 0 Å². The molecule has 5 nitrogen and oxygen atoms in total. The molecule has 7 heteroatoms. The van der Waals surface area contributed by atoms with Crippen LogP contribution in [-0.4, -0.2) is 37.9 Å². The number of nitrogens with one attached hydrogen (secondary N) is 3. The lowest BCUT2D eigenvalue weighted by atomic mass is 10.0. The van der Waals surface area contributed by atoms with E-state index in [1.807, 2.05) is 30.3 Å². The van der Waals surface area contributed by atoms with E-state index in [2.05, 4.69) is 16.0 Å². The third-order valence-corrected chi connectivity index (χ3v) is 6.12. The third-order valence-electron chi connectivity index (χ3n) is 6.12. The molecule has 5 atom stereocenters. The highest BCUT2D eigenvalue weighted by Crippen LogP contribution is 2.48. The van der Waals surface area contributed by atoms with Crippen molar-refractivity contribution < 1.29 is 13.6 Å². The predicted molar refractivity (Wildman–Crippen MR) is 110 cm³/mol. The van der Waals surface area contributed by atoms with E-state index in [0.717, 1.165) is 17.5 Å². The monoisotopic (exact) mass is 410 g/mol. The zero-order valence-electron chi connectivity index (χ0n) is 16.7. The first-order valence-electron chi connectivity index (χ1n) is 10.2. The Kier molecular flexibility index (Phi) is 5.80. The zero-order chi connectivity index (χ0) is 21.3. The summed E-state index contributed by atoms with van der Waals surface area (Å²) in [4.78, 5) is 12.6. The molecule has 0 unspecified atom stereocenters. The number of amides is 1. The van der Waals surface area contributed by atoms with E-state index in [1.165, 1.54) is 12.1 Å². The molecule has 3 N–H and O–H groups in total. The molecule has 4 rings (SSSR count). The van der Waals surface area contributed by atoms with Crippen molar-refractivity contribution in [3.05, 3.63) is 59.4 Å².